The molecule has 0 saturated carbocycles. The van der Waals surface area contributed by atoms with Gasteiger partial charge in [0.25, 0.3) is 5.91 Å². The monoisotopic (exact) mass is 351 g/mol. The largest absolute Gasteiger partial charge is 0.449 e. The number of thioether (sulfide) groups is 1. The van der Waals surface area contributed by atoms with Crippen molar-refractivity contribution in [3.8, 4) is 0 Å². The molecule has 0 aromatic heterocycles. The number of ether oxygens (including phenoxy) is 1. The molecule has 0 fully saturated rings. The van der Waals surface area contributed by atoms with E-state index in [-0.39, 0.29) is 5.69 Å². The van der Waals surface area contributed by atoms with Gasteiger partial charge in [-0.2, -0.15) is 0 Å². The normalized spacial score (nSPS) is 11.7. The Hall–Kier alpha value is -2.41. The summed E-state index contributed by atoms with van der Waals surface area (Å²) in [5.41, 5.74) is 0.395. The summed E-state index contributed by atoms with van der Waals surface area (Å²) in [6.45, 7) is 1.39. The van der Waals surface area contributed by atoms with Crippen molar-refractivity contribution in [1.82, 2.24) is 0 Å². The SMILES string of the molecule is CSc1ccc(C(=O)O[C@@H](C)C(=O)Nc2ccc(F)c(F)c2)cc1. The van der Waals surface area contributed by atoms with Gasteiger partial charge in [-0.15, -0.1) is 11.8 Å². The Morgan fingerprint density at radius 1 is 1.08 bits per heavy atom. The standard InChI is InChI=1S/C17H15F2NO3S/c1-10(16(21)20-12-5-8-14(18)15(19)9-12)23-17(22)11-3-6-13(24-2)7-4-11/h3-10H,1-2H3,(H,20,21)/t10-/m0/s1. The summed E-state index contributed by atoms with van der Waals surface area (Å²) in [7, 11) is 0. The number of esters is 1. The number of hydrogen-bond donors (Lipinski definition) is 1. The van der Waals surface area contributed by atoms with Crippen LogP contribution in [0.2, 0.25) is 0 Å². The highest BCUT2D eigenvalue weighted by Gasteiger charge is 2.19. The van der Waals surface area contributed by atoms with Crippen LogP contribution in [0.4, 0.5) is 14.5 Å². The van der Waals surface area contributed by atoms with Crippen molar-refractivity contribution in [2.45, 2.75) is 17.9 Å². The molecule has 24 heavy (non-hydrogen) atoms. The molecule has 0 aliphatic carbocycles. The molecule has 2 rings (SSSR count). The maximum Gasteiger partial charge on any atom is 0.338 e. The number of nitrogens with one attached hydrogen (secondary N) is 1. The highest BCUT2D eigenvalue weighted by molar-refractivity contribution is 7.98. The molecule has 2 aromatic carbocycles. The topological polar surface area (TPSA) is 55.4 Å². The molecular formula is C17H15F2NO3S. The van der Waals surface area contributed by atoms with Crippen LogP contribution in [0, 0.1) is 11.6 Å². The number of rotatable bonds is 5. The first-order valence-electron chi connectivity index (χ1n) is 7.01. The van der Waals surface area contributed by atoms with Crippen LogP contribution in [0.3, 0.4) is 0 Å². The summed E-state index contributed by atoms with van der Waals surface area (Å²) < 4.78 is 31.0. The minimum atomic E-state index is -1.09. The van der Waals surface area contributed by atoms with Crippen LogP contribution in [-0.4, -0.2) is 24.2 Å². The van der Waals surface area contributed by atoms with Gasteiger partial charge in [0.1, 0.15) is 0 Å². The Labute approximate surface area is 142 Å². The van der Waals surface area contributed by atoms with Crippen molar-refractivity contribution in [2.24, 2.45) is 0 Å². The summed E-state index contributed by atoms with van der Waals surface area (Å²) in [5.74, 6) is -3.38. The second kappa shape index (κ2) is 7.92. The Bertz CT molecular complexity index is 750. The summed E-state index contributed by atoms with van der Waals surface area (Å²) in [4.78, 5) is 25.0. The van der Waals surface area contributed by atoms with E-state index in [0.29, 0.717) is 5.56 Å². The number of carbonyl (C=O) groups is 2. The van der Waals surface area contributed by atoms with E-state index in [4.69, 9.17) is 4.74 Å². The molecule has 0 saturated heterocycles. The number of halogens is 2. The number of benzene rings is 2. The van der Waals surface area contributed by atoms with Gasteiger partial charge >= 0.3 is 5.97 Å². The van der Waals surface area contributed by atoms with Gasteiger partial charge in [0.2, 0.25) is 0 Å². The molecular weight excluding hydrogens is 336 g/mol. The summed E-state index contributed by atoms with van der Waals surface area (Å²) >= 11 is 1.54. The van der Waals surface area contributed by atoms with Gasteiger partial charge in [-0.05, 0) is 49.6 Å². The van der Waals surface area contributed by atoms with E-state index in [1.165, 1.54) is 24.8 Å². The van der Waals surface area contributed by atoms with Crippen LogP contribution in [0.1, 0.15) is 17.3 Å². The fourth-order valence-corrected chi connectivity index (χ4v) is 2.24. The maximum atomic E-state index is 13.1. The molecule has 0 bridgehead atoms. The zero-order valence-corrected chi connectivity index (χ0v) is 13.8. The molecule has 0 unspecified atom stereocenters. The van der Waals surface area contributed by atoms with Crippen LogP contribution in [0.15, 0.2) is 47.4 Å². The van der Waals surface area contributed by atoms with E-state index >= 15 is 0 Å². The zero-order valence-electron chi connectivity index (χ0n) is 13.0. The van der Waals surface area contributed by atoms with E-state index in [9.17, 15) is 18.4 Å². The number of hydrogen-bond acceptors (Lipinski definition) is 4. The molecule has 2 aromatic rings. The number of anilines is 1. The number of carbonyl (C=O) groups excluding carboxylic acids is 2. The summed E-state index contributed by atoms with van der Waals surface area (Å²) in [5, 5.41) is 2.36. The van der Waals surface area contributed by atoms with E-state index in [1.54, 1.807) is 24.3 Å². The highest BCUT2D eigenvalue weighted by Crippen LogP contribution is 2.16. The predicted molar refractivity (Wildman–Crippen MR) is 88.1 cm³/mol. The molecule has 126 valence electrons. The van der Waals surface area contributed by atoms with Crippen molar-refractivity contribution >= 4 is 29.3 Å². The van der Waals surface area contributed by atoms with E-state index < -0.39 is 29.6 Å². The third-order valence-electron chi connectivity index (χ3n) is 3.17. The third-order valence-corrected chi connectivity index (χ3v) is 3.91. The zero-order chi connectivity index (χ0) is 17.7. The van der Waals surface area contributed by atoms with Gasteiger partial charge in [-0.25, -0.2) is 13.6 Å². The second-order valence-electron chi connectivity index (χ2n) is 4.89. The van der Waals surface area contributed by atoms with Crippen molar-refractivity contribution in [3.05, 3.63) is 59.7 Å². The Morgan fingerprint density at radius 2 is 1.75 bits per heavy atom. The first-order chi connectivity index (χ1) is 11.4. The van der Waals surface area contributed by atoms with Gasteiger partial charge in [0.05, 0.1) is 5.56 Å². The Morgan fingerprint density at radius 3 is 2.33 bits per heavy atom. The Kier molecular flexibility index (Phi) is 5.92. The lowest BCUT2D eigenvalue weighted by molar-refractivity contribution is -0.123. The van der Waals surface area contributed by atoms with Gasteiger partial charge in [-0.3, -0.25) is 4.79 Å². The molecule has 0 aliphatic rings. The van der Waals surface area contributed by atoms with Crippen molar-refractivity contribution < 1.29 is 23.1 Å². The summed E-state index contributed by atoms with van der Waals surface area (Å²) in [6, 6.07) is 9.71. The lowest BCUT2D eigenvalue weighted by Gasteiger charge is -2.14. The van der Waals surface area contributed by atoms with Gasteiger partial charge in [0, 0.05) is 16.6 Å². The minimum Gasteiger partial charge on any atom is -0.449 e. The fraction of sp³-hybridized carbons (Fsp3) is 0.176. The van der Waals surface area contributed by atoms with Crippen LogP contribution >= 0.6 is 11.8 Å². The van der Waals surface area contributed by atoms with Gasteiger partial charge in [0.15, 0.2) is 17.7 Å². The first kappa shape index (κ1) is 17.9. The predicted octanol–water partition coefficient (Wildman–Crippen LogP) is 3.87. The maximum absolute atomic E-state index is 13.1. The molecule has 7 heteroatoms. The fourth-order valence-electron chi connectivity index (χ4n) is 1.83. The van der Waals surface area contributed by atoms with E-state index in [0.717, 1.165) is 17.0 Å². The lowest BCUT2D eigenvalue weighted by atomic mass is 10.2. The van der Waals surface area contributed by atoms with Crippen LogP contribution in [-0.2, 0) is 9.53 Å². The molecule has 4 nitrogen and oxygen atoms in total. The average Bonchev–Trinajstić information content (AvgIpc) is 2.58. The van der Waals surface area contributed by atoms with Crippen LogP contribution in [0.5, 0.6) is 0 Å². The van der Waals surface area contributed by atoms with Gasteiger partial charge in [-0.1, -0.05) is 0 Å². The second-order valence-corrected chi connectivity index (χ2v) is 5.77. The minimum absolute atomic E-state index is 0.0751. The van der Waals surface area contributed by atoms with Gasteiger partial charge < -0.3 is 10.1 Å². The summed E-state index contributed by atoms with van der Waals surface area (Å²) in [6.07, 6.45) is 0.823. The Balaban J connectivity index is 1.97. The van der Waals surface area contributed by atoms with Crippen molar-refractivity contribution in [1.29, 1.82) is 0 Å². The number of amides is 1. The highest BCUT2D eigenvalue weighted by atomic mass is 32.2. The van der Waals surface area contributed by atoms with Crippen molar-refractivity contribution in [3.63, 3.8) is 0 Å². The molecule has 1 N–H and O–H groups in total. The molecule has 0 aliphatic heterocycles. The molecule has 0 spiro atoms. The van der Waals surface area contributed by atoms with Crippen LogP contribution < -0.4 is 5.32 Å². The third kappa shape index (κ3) is 4.55. The lowest BCUT2D eigenvalue weighted by Crippen LogP contribution is -2.30. The quantitative estimate of drug-likeness (QED) is 0.656. The molecule has 0 heterocycles. The smallest absolute Gasteiger partial charge is 0.338 e. The van der Waals surface area contributed by atoms with Crippen molar-refractivity contribution in [2.75, 3.05) is 11.6 Å². The van der Waals surface area contributed by atoms with E-state index in [1.807, 2.05) is 6.26 Å². The van der Waals surface area contributed by atoms with Crippen LogP contribution in [0.25, 0.3) is 0 Å². The average molecular weight is 351 g/mol. The van der Waals surface area contributed by atoms with E-state index in [2.05, 4.69) is 5.32 Å². The molecule has 1 atom stereocenters. The first-order valence-corrected chi connectivity index (χ1v) is 8.24. The molecule has 1 amide bonds. The molecule has 0 radical (unpaired) electrons.